The highest BCUT2D eigenvalue weighted by Crippen LogP contribution is 2.25. The molecule has 0 amide bonds. The Bertz CT molecular complexity index is 215. The van der Waals surface area contributed by atoms with Gasteiger partial charge in [0.15, 0.2) is 5.96 Å². The molecule has 0 unspecified atom stereocenters. The summed E-state index contributed by atoms with van der Waals surface area (Å²) in [5.74, 6) is 0.763. The van der Waals surface area contributed by atoms with Gasteiger partial charge in [-0.05, 0) is 25.7 Å². The zero-order valence-electron chi connectivity index (χ0n) is 9.08. The lowest BCUT2D eigenvalue weighted by molar-refractivity contribution is 0.275. The minimum Gasteiger partial charge on any atom is -0.370 e. The Morgan fingerprint density at radius 2 is 1.79 bits per heavy atom. The average molecular weight is 195 g/mol. The first-order chi connectivity index (χ1) is 6.77. The molecule has 2 aliphatic rings. The summed E-state index contributed by atoms with van der Waals surface area (Å²) in [5.41, 5.74) is 5.96. The Balaban J connectivity index is 1.88. The topological polar surface area (TPSA) is 41.6 Å². The van der Waals surface area contributed by atoms with E-state index >= 15 is 0 Å². The molecule has 14 heavy (non-hydrogen) atoms. The van der Waals surface area contributed by atoms with E-state index in [0.717, 1.165) is 5.96 Å². The molecule has 0 spiro atoms. The van der Waals surface area contributed by atoms with Crippen LogP contribution in [-0.4, -0.2) is 30.0 Å². The molecule has 0 heterocycles. The molecule has 2 fully saturated rings. The van der Waals surface area contributed by atoms with Crippen molar-refractivity contribution in [2.45, 2.75) is 57.0 Å². The molecular formula is C11H21N3. The second kappa shape index (κ2) is 4.20. The largest absolute Gasteiger partial charge is 0.370 e. The summed E-state index contributed by atoms with van der Waals surface area (Å²) in [6, 6.07) is 1.19. The highest BCUT2D eigenvalue weighted by Gasteiger charge is 2.24. The second-order valence-corrected chi connectivity index (χ2v) is 4.62. The van der Waals surface area contributed by atoms with Crippen molar-refractivity contribution in [3.05, 3.63) is 0 Å². The summed E-state index contributed by atoms with van der Waals surface area (Å²) in [7, 11) is 2.09. The monoisotopic (exact) mass is 195 g/mol. The summed E-state index contributed by atoms with van der Waals surface area (Å²) in [6.45, 7) is 0. The number of aliphatic imine (C=N–C) groups is 1. The van der Waals surface area contributed by atoms with E-state index in [4.69, 9.17) is 5.73 Å². The van der Waals surface area contributed by atoms with Gasteiger partial charge in [0, 0.05) is 13.1 Å². The number of rotatable bonds is 2. The van der Waals surface area contributed by atoms with Gasteiger partial charge in [-0.3, -0.25) is 0 Å². The first-order valence-electron chi connectivity index (χ1n) is 5.83. The first kappa shape index (κ1) is 9.81. The van der Waals surface area contributed by atoms with Crippen LogP contribution in [-0.2, 0) is 0 Å². The number of guanidine groups is 1. The molecule has 0 radical (unpaired) electrons. The van der Waals surface area contributed by atoms with Gasteiger partial charge in [-0.2, -0.15) is 0 Å². The summed E-state index contributed by atoms with van der Waals surface area (Å²) in [5, 5.41) is 0. The van der Waals surface area contributed by atoms with E-state index in [0.29, 0.717) is 12.1 Å². The van der Waals surface area contributed by atoms with Gasteiger partial charge in [-0.1, -0.05) is 19.3 Å². The maximum absolute atomic E-state index is 5.96. The third-order valence-electron chi connectivity index (χ3n) is 3.35. The van der Waals surface area contributed by atoms with Crippen molar-refractivity contribution < 1.29 is 0 Å². The molecule has 2 N–H and O–H groups in total. The lowest BCUT2D eigenvalue weighted by Crippen LogP contribution is -2.42. The molecule has 3 heteroatoms. The van der Waals surface area contributed by atoms with E-state index in [-0.39, 0.29) is 0 Å². The van der Waals surface area contributed by atoms with E-state index in [1.165, 1.54) is 44.9 Å². The maximum atomic E-state index is 5.96. The third kappa shape index (κ3) is 2.40. The zero-order chi connectivity index (χ0) is 9.97. The molecular weight excluding hydrogens is 174 g/mol. The zero-order valence-corrected chi connectivity index (χ0v) is 9.08. The molecule has 2 rings (SSSR count). The minimum absolute atomic E-state index is 0.543. The number of nitrogens with two attached hydrogens (primary N) is 1. The van der Waals surface area contributed by atoms with Crippen LogP contribution in [0, 0.1) is 0 Å². The quantitative estimate of drug-likeness (QED) is 0.538. The second-order valence-electron chi connectivity index (χ2n) is 4.62. The van der Waals surface area contributed by atoms with Crippen molar-refractivity contribution in [3.63, 3.8) is 0 Å². The molecule has 0 aliphatic heterocycles. The van der Waals surface area contributed by atoms with Crippen LogP contribution >= 0.6 is 0 Å². The molecule has 2 saturated carbocycles. The highest BCUT2D eigenvalue weighted by atomic mass is 15.3. The lowest BCUT2D eigenvalue weighted by atomic mass is 9.95. The Hall–Kier alpha value is -0.730. The van der Waals surface area contributed by atoms with Crippen LogP contribution < -0.4 is 5.73 Å². The summed E-state index contributed by atoms with van der Waals surface area (Å²) in [4.78, 5) is 6.68. The molecule has 0 aromatic carbocycles. The predicted molar refractivity (Wildman–Crippen MR) is 59.3 cm³/mol. The number of nitrogens with zero attached hydrogens (tertiary/aromatic N) is 2. The molecule has 80 valence electrons. The normalized spacial score (nSPS) is 25.1. The highest BCUT2D eigenvalue weighted by molar-refractivity contribution is 5.78. The molecule has 3 nitrogen and oxygen atoms in total. The van der Waals surface area contributed by atoms with E-state index in [1.807, 2.05) is 0 Å². The van der Waals surface area contributed by atoms with Crippen molar-refractivity contribution in [1.82, 2.24) is 4.90 Å². The van der Waals surface area contributed by atoms with E-state index in [1.54, 1.807) is 0 Å². The van der Waals surface area contributed by atoms with Gasteiger partial charge in [0.2, 0.25) is 0 Å². The molecule has 0 aromatic heterocycles. The van der Waals surface area contributed by atoms with Crippen LogP contribution in [0.15, 0.2) is 4.99 Å². The van der Waals surface area contributed by atoms with Crippen molar-refractivity contribution in [1.29, 1.82) is 0 Å². The molecule has 0 saturated heterocycles. The maximum Gasteiger partial charge on any atom is 0.191 e. The molecule has 0 bridgehead atoms. The number of hydrogen-bond acceptors (Lipinski definition) is 1. The Morgan fingerprint density at radius 1 is 1.14 bits per heavy atom. The Labute approximate surface area is 86.4 Å². The van der Waals surface area contributed by atoms with Crippen molar-refractivity contribution in [2.24, 2.45) is 10.7 Å². The molecule has 0 aromatic rings. The molecule has 2 aliphatic carbocycles. The third-order valence-corrected chi connectivity index (χ3v) is 3.35. The van der Waals surface area contributed by atoms with Crippen molar-refractivity contribution in [2.75, 3.05) is 7.05 Å². The van der Waals surface area contributed by atoms with Crippen LogP contribution in [0.25, 0.3) is 0 Å². The summed E-state index contributed by atoms with van der Waals surface area (Å²) in [6.07, 6.45) is 9.15. The van der Waals surface area contributed by atoms with Crippen LogP contribution in [0.5, 0.6) is 0 Å². The van der Waals surface area contributed by atoms with E-state index < -0.39 is 0 Å². The number of hydrogen-bond donors (Lipinski definition) is 1. The minimum atomic E-state index is 0.543. The van der Waals surface area contributed by atoms with Crippen LogP contribution in [0.3, 0.4) is 0 Å². The van der Waals surface area contributed by atoms with Crippen LogP contribution in [0.1, 0.15) is 44.9 Å². The van der Waals surface area contributed by atoms with Gasteiger partial charge in [0.1, 0.15) is 0 Å². The summed E-state index contributed by atoms with van der Waals surface area (Å²) >= 11 is 0. The fourth-order valence-corrected chi connectivity index (χ4v) is 2.14. The van der Waals surface area contributed by atoms with E-state index in [9.17, 15) is 0 Å². The fraction of sp³-hybridized carbons (Fsp3) is 0.909. The Kier molecular flexibility index (Phi) is 2.94. The van der Waals surface area contributed by atoms with E-state index in [2.05, 4.69) is 16.9 Å². The molecule has 0 atom stereocenters. The van der Waals surface area contributed by atoms with Gasteiger partial charge >= 0.3 is 0 Å². The fourth-order valence-electron chi connectivity index (χ4n) is 2.14. The SMILES string of the molecule is CN(C(N)=NC1CC1)C1CCCCC1. The van der Waals surface area contributed by atoms with Gasteiger partial charge < -0.3 is 10.6 Å². The van der Waals surface area contributed by atoms with Crippen molar-refractivity contribution >= 4 is 5.96 Å². The van der Waals surface area contributed by atoms with Crippen LogP contribution in [0.2, 0.25) is 0 Å². The predicted octanol–water partition coefficient (Wildman–Crippen LogP) is 1.73. The van der Waals surface area contributed by atoms with Crippen molar-refractivity contribution in [3.8, 4) is 0 Å². The van der Waals surface area contributed by atoms with Gasteiger partial charge in [-0.25, -0.2) is 4.99 Å². The standard InChI is InChI=1S/C11H21N3/c1-14(10-5-3-2-4-6-10)11(12)13-9-7-8-9/h9-10H,2-8H2,1H3,(H2,12,13). The smallest absolute Gasteiger partial charge is 0.191 e. The Morgan fingerprint density at radius 3 is 2.36 bits per heavy atom. The lowest BCUT2D eigenvalue weighted by Gasteiger charge is -2.31. The van der Waals surface area contributed by atoms with Gasteiger partial charge in [0.05, 0.1) is 6.04 Å². The van der Waals surface area contributed by atoms with Gasteiger partial charge in [0.25, 0.3) is 0 Å². The summed E-state index contributed by atoms with van der Waals surface area (Å²) < 4.78 is 0. The first-order valence-corrected chi connectivity index (χ1v) is 5.83. The van der Waals surface area contributed by atoms with Crippen LogP contribution in [0.4, 0.5) is 0 Å². The van der Waals surface area contributed by atoms with Gasteiger partial charge in [-0.15, -0.1) is 0 Å². The average Bonchev–Trinajstić information content (AvgIpc) is 3.02.